The summed E-state index contributed by atoms with van der Waals surface area (Å²) < 4.78 is 40.6. The molecule has 0 saturated heterocycles. The van der Waals surface area contributed by atoms with Crippen molar-refractivity contribution in [3.8, 4) is 5.69 Å². The van der Waals surface area contributed by atoms with Crippen molar-refractivity contribution in [3.63, 3.8) is 0 Å². The second-order valence-electron chi connectivity index (χ2n) is 5.04. The molecule has 0 bridgehead atoms. The third-order valence-corrected chi connectivity index (χ3v) is 3.86. The number of halogens is 4. The van der Waals surface area contributed by atoms with Crippen molar-refractivity contribution in [2.45, 2.75) is 6.18 Å². The topological polar surface area (TPSA) is 59.2 Å². The summed E-state index contributed by atoms with van der Waals surface area (Å²) in [6.07, 6.45) is -4.82. The molecular weight excluding hydrogens is 359 g/mol. The van der Waals surface area contributed by atoms with Gasteiger partial charge in [0.25, 0.3) is 5.56 Å². The quantitative estimate of drug-likeness (QED) is 0.665. The Bertz CT molecular complexity index is 1160. The largest absolute Gasteiger partial charge is 0.407 e. The van der Waals surface area contributed by atoms with Crippen LogP contribution < -0.4 is 11.2 Å². The summed E-state index contributed by atoms with van der Waals surface area (Å²) in [6, 6.07) is 7.45. The van der Waals surface area contributed by atoms with Crippen LogP contribution in [0.5, 0.6) is 0 Å². The highest BCUT2D eigenvalue weighted by Gasteiger charge is 2.34. The van der Waals surface area contributed by atoms with Crippen LogP contribution in [-0.2, 0) is 6.18 Å². The maximum atomic E-state index is 13.2. The van der Waals surface area contributed by atoms with E-state index in [1.807, 2.05) is 4.98 Å². The predicted octanol–water partition coefficient (Wildman–Crippen LogP) is 3.90. The number of hydrogen-bond acceptors (Lipinski definition) is 2. The standard InChI is InChI=1S/C16H7ClF3N3O2/c1-21-11-6-8-13(7-9(11)16(18,19)20)23(15(25)22-14(8)24)12-5-3-2-4-10(12)17/h2-7H,(H,22,24,25). The zero-order chi connectivity index (χ0) is 18.4. The molecular formula is C16H7ClF3N3O2. The second kappa shape index (κ2) is 5.79. The summed E-state index contributed by atoms with van der Waals surface area (Å²) in [6.45, 7) is 6.93. The van der Waals surface area contributed by atoms with E-state index < -0.39 is 28.7 Å². The van der Waals surface area contributed by atoms with Crippen LogP contribution in [-0.4, -0.2) is 9.55 Å². The molecule has 1 N–H and O–H groups in total. The lowest BCUT2D eigenvalue weighted by molar-refractivity contribution is -0.136. The minimum absolute atomic E-state index is 0.110. The van der Waals surface area contributed by atoms with Crippen molar-refractivity contribution >= 4 is 28.2 Å². The predicted molar refractivity (Wildman–Crippen MR) is 86.4 cm³/mol. The molecule has 0 amide bonds. The van der Waals surface area contributed by atoms with Crippen molar-refractivity contribution in [3.05, 3.63) is 79.2 Å². The van der Waals surface area contributed by atoms with Crippen LogP contribution in [0.15, 0.2) is 46.0 Å². The summed E-state index contributed by atoms with van der Waals surface area (Å²) in [4.78, 5) is 29.1. The monoisotopic (exact) mass is 365 g/mol. The van der Waals surface area contributed by atoms with Gasteiger partial charge in [-0.1, -0.05) is 23.7 Å². The first-order valence-corrected chi connectivity index (χ1v) is 7.14. The van der Waals surface area contributed by atoms with E-state index >= 15 is 0 Å². The third-order valence-electron chi connectivity index (χ3n) is 3.54. The van der Waals surface area contributed by atoms with E-state index in [1.54, 1.807) is 12.1 Å². The normalized spacial score (nSPS) is 11.5. The maximum absolute atomic E-state index is 13.2. The Morgan fingerprint density at radius 2 is 1.84 bits per heavy atom. The molecule has 0 atom stereocenters. The van der Waals surface area contributed by atoms with E-state index in [0.717, 1.165) is 10.6 Å². The van der Waals surface area contributed by atoms with Gasteiger partial charge in [0.05, 0.1) is 33.7 Å². The van der Waals surface area contributed by atoms with Crippen LogP contribution in [0.2, 0.25) is 5.02 Å². The average Bonchev–Trinajstić information content (AvgIpc) is 2.54. The smallest absolute Gasteiger partial charge is 0.273 e. The Kier molecular flexibility index (Phi) is 3.89. The number of aromatic amines is 1. The van der Waals surface area contributed by atoms with Crippen LogP contribution in [0.1, 0.15) is 5.56 Å². The van der Waals surface area contributed by atoms with Gasteiger partial charge in [0.1, 0.15) is 0 Å². The first kappa shape index (κ1) is 16.8. The first-order chi connectivity index (χ1) is 11.7. The number of alkyl halides is 3. The maximum Gasteiger partial charge on any atom is 0.407 e. The van der Waals surface area contributed by atoms with Crippen molar-refractivity contribution in [2.24, 2.45) is 0 Å². The summed E-state index contributed by atoms with van der Waals surface area (Å²) >= 11 is 6.04. The molecule has 0 saturated carbocycles. The van der Waals surface area contributed by atoms with Crippen molar-refractivity contribution < 1.29 is 13.2 Å². The second-order valence-corrected chi connectivity index (χ2v) is 5.45. The van der Waals surface area contributed by atoms with Crippen molar-refractivity contribution in [1.29, 1.82) is 0 Å². The molecule has 0 spiro atoms. The molecule has 126 valence electrons. The van der Waals surface area contributed by atoms with Gasteiger partial charge < -0.3 is 0 Å². The molecule has 0 aliphatic rings. The van der Waals surface area contributed by atoms with Gasteiger partial charge in [-0.15, -0.1) is 0 Å². The third kappa shape index (κ3) is 2.79. The van der Waals surface area contributed by atoms with Crippen molar-refractivity contribution in [1.82, 2.24) is 9.55 Å². The number of nitrogens with one attached hydrogen (secondary N) is 1. The fraction of sp³-hybridized carbons (Fsp3) is 0.0625. The number of hydrogen-bond donors (Lipinski definition) is 1. The lowest BCUT2D eigenvalue weighted by Gasteiger charge is -2.14. The Hall–Kier alpha value is -3.05. The number of para-hydroxylation sites is 1. The fourth-order valence-electron chi connectivity index (χ4n) is 2.47. The van der Waals surface area contributed by atoms with Crippen molar-refractivity contribution in [2.75, 3.05) is 0 Å². The molecule has 9 heteroatoms. The van der Waals surface area contributed by atoms with Crippen LogP contribution in [0.3, 0.4) is 0 Å². The lowest BCUT2D eigenvalue weighted by Crippen LogP contribution is -2.29. The number of nitrogens with zero attached hydrogens (tertiary/aromatic N) is 2. The average molecular weight is 366 g/mol. The summed E-state index contributed by atoms with van der Waals surface area (Å²) in [7, 11) is 0. The SMILES string of the molecule is [C-]#[N+]c1cc2c(=O)[nH]c(=O)n(-c3ccccc3Cl)c2cc1C(F)(F)F. The van der Waals surface area contributed by atoms with Crippen LogP contribution in [0, 0.1) is 6.57 Å². The van der Waals surface area contributed by atoms with E-state index in [4.69, 9.17) is 18.2 Å². The molecule has 0 aliphatic carbocycles. The Morgan fingerprint density at radius 3 is 2.44 bits per heavy atom. The number of aromatic nitrogens is 2. The van der Waals surface area contributed by atoms with Gasteiger partial charge in [-0.3, -0.25) is 14.3 Å². The zero-order valence-electron chi connectivity index (χ0n) is 12.2. The number of rotatable bonds is 1. The molecule has 0 fully saturated rings. The van der Waals surface area contributed by atoms with Gasteiger partial charge in [0.15, 0.2) is 5.69 Å². The molecule has 2 aromatic carbocycles. The Labute approximate surface area is 142 Å². The number of H-pyrrole nitrogens is 1. The van der Waals surface area contributed by atoms with E-state index in [0.29, 0.717) is 6.07 Å². The first-order valence-electron chi connectivity index (χ1n) is 6.76. The van der Waals surface area contributed by atoms with Gasteiger partial charge >= 0.3 is 11.9 Å². The zero-order valence-corrected chi connectivity index (χ0v) is 12.9. The molecule has 3 aromatic rings. The van der Waals surface area contributed by atoms with Gasteiger partial charge in [0, 0.05) is 0 Å². The highest BCUT2D eigenvalue weighted by Crippen LogP contribution is 2.38. The van der Waals surface area contributed by atoms with Gasteiger partial charge in [-0.25, -0.2) is 9.64 Å². The lowest BCUT2D eigenvalue weighted by atomic mass is 10.1. The summed E-state index contributed by atoms with van der Waals surface area (Å²) in [5, 5.41) is -0.112. The van der Waals surface area contributed by atoms with Crippen LogP contribution >= 0.6 is 11.6 Å². The number of benzene rings is 2. The minimum atomic E-state index is -4.82. The highest BCUT2D eigenvalue weighted by molar-refractivity contribution is 6.32. The molecule has 0 aliphatic heterocycles. The van der Waals surface area contributed by atoms with E-state index in [9.17, 15) is 22.8 Å². The van der Waals surface area contributed by atoms with E-state index in [2.05, 4.69) is 4.85 Å². The molecule has 3 rings (SSSR count). The van der Waals surface area contributed by atoms with Gasteiger partial charge in [-0.05, 0) is 24.3 Å². The van der Waals surface area contributed by atoms with E-state index in [-0.39, 0.29) is 21.6 Å². The molecule has 1 aromatic heterocycles. The Morgan fingerprint density at radius 1 is 1.16 bits per heavy atom. The van der Waals surface area contributed by atoms with Gasteiger partial charge in [0.2, 0.25) is 0 Å². The van der Waals surface area contributed by atoms with Gasteiger partial charge in [-0.2, -0.15) is 13.2 Å². The summed E-state index contributed by atoms with van der Waals surface area (Å²) in [5.41, 5.74) is -3.97. The fourth-order valence-corrected chi connectivity index (χ4v) is 2.69. The Balaban J connectivity index is 2.55. The molecule has 1 heterocycles. The van der Waals surface area contributed by atoms with E-state index in [1.165, 1.54) is 12.1 Å². The molecule has 0 radical (unpaired) electrons. The summed E-state index contributed by atoms with van der Waals surface area (Å²) in [5.74, 6) is 0. The molecule has 5 nitrogen and oxygen atoms in total. The minimum Gasteiger partial charge on any atom is -0.273 e. The highest BCUT2D eigenvalue weighted by atomic mass is 35.5. The number of fused-ring (bicyclic) bond motifs is 1. The molecule has 0 unspecified atom stereocenters. The van der Waals surface area contributed by atoms with Crippen LogP contribution in [0.4, 0.5) is 18.9 Å². The molecule has 25 heavy (non-hydrogen) atoms. The van der Waals surface area contributed by atoms with Crippen LogP contribution in [0.25, 0.3) is 21.4 Å².